The van der Waals surface area contributed by atoms with Crippen molar-refractivity contribution >= 4 is 15.9 Å². The fourth-order valence-corrected chi connectivity index (χ4v) is 4.09. The van der Waals surface area contributed by atoms with Gasteiger partial charge in [0.1, 0.15) is 5.82 Å². The second-order valence-electron chi connectivity index (χ2n) is 6.66. The fraction of sp³-hybridized carbons (Fsp3) is 0.316. The highest BCUT2D eigenvalue weighted by Crippen LogP contribution is 2.47. The van der Waals surface area contributed by atoms with E-state index in [4.69, 9.17) is 0 Å². The lowest BCUT2D eigenvalue weighted by molar-refractivity contribution is -0.122. The molecule has 2 aromatic carbocycles. The highest BCUT2D eigenvalue weighted by atomic mass is 32.2. The molecule has 1 saturated carbocycles. The molecule has 1 unspecified atom stereocenters. The van der Waals surface area contributed by atoms with Crippen molar-refractivity contribution in [2.24, 2.45) is 0 Å². The molecule has 2 aromatic rings. The summed E-state index contributed by atoms with van der Waals surface area (Å²) in [6.45, 7) is 1.96. The Balaban J connectivity index is 1.59. The SMILES string of the molecule is CC(NS(=O)(=O)c1ccc(F)cc1)C(=O)NCC1(c2ccccc2)CC1. The number of hydrogen-bond acceptors (Lipinski definition) is 3. The van der Waals surface area contributed by atoms with Crippen LogP contribution in [0, 0.1) is 5.82 Å². The Morgan fingerprint density at radius 2 is 1.73 bits per heavy atom. The third kappa shape index (κ3) is 4.11. The van der Waals surface area contributed by atoms with Crippen molar-refractivity contribution in [1.82, 2.24) is 10.0 Å². The van der Waals surface area contributed by atoms with Gasteiger partial charge in [-0.1, -0.05) is 30.3 Å². The molecule has 1 amide bonds. The number of nitrogens with one attached hydrogen (secondary N) is 2. The zero-order valence-corrected chi connectivity index (χ0v) is 15.2. The summed E-state index contributed by atoms with van der Waals surface area (Å²) in [6, 6.07) is 13.5. The molecular weight excluding hydrogens is 355 g/mol. The molecular formula is C19H21FN2O3S. The third-order valence-electron chi connectivity index (χ3n) is 4.69. The molecule has 3 rings (SSSR count). The molecule has 2 N–H and O–H groups in total. The van der Waals surface area contributed by atoms with Gasteiger partial charge in [-0.15, -0.1) is 0 Å². The first-order valence-corrected chi connectivity index (χ1v) is 9.92. The summed E-state index contributed by atoms with van der Waals surface area (Å²) in [5.41, 5.74) is 1.13. The van der Waals surface area contributed by atoms with Crippen molar-refractivity contribution in [3.05, 3.63) is 66.0 Å². The average molecular weight is 376 g/mol. The zero-order chi connectivity index (χ0) is 18.8. The molecule has 0 aliphatic heterocycles. The van der Waals surface area contributed by atoms with Crippen LogP contribution in [0.4, 0.5) is 4.39 Å². The van der Waals surface area contributed by atoms with Gasteiger partial charge < -0.3 is 5.32 Å². The first-order valence-electron chi connectivity index (χ1n) is 8.44. The van der Waals surface area contributed by atoms with Crippen molar-refractivity contribution in [3.63, 3.8) is 0 Å². The summed E-state index contributed by atoms with van der Waals surface area (Å²) in [7, 11) is -3.89. The molecule has 0 saturated heterocycles. The van der Waals surface area contributed by atoms with Crippen LogP contribution in [-0.2, 0) is 20.2 Å². The van der Waals surface area contributed by atoms with Gasteiger partial charge in [0.05, 0.1) is 10.9 Å². The van der Waals surface area contributed by atoms with E-state index in [1.165, 1.54) is 12.5 Å². The second-order valence-corrected chi connectivity index (χ2v) is 8.38. The van der Waals surface area contributed by atoms with Crippen molar-refractivity contribution < 1.29 is 17.6 Å². The molecule has 0 heterocycles. The molecule has 26 heavy (non-hydrogen) atoms. The van der Waals surface area contributed by atoms with Crippen LogP contribution in [0.15, 0.2) is 59.5 Å². The van der Waals surface area contributed by atoms with Gasteiger partial charge in [-0.05, 0) is 49.6 Å². The number of halogens is 1. The molecule has 0 radical (unpaired) electrons. The van der Waals surface area contributed by atoms with Crippen LogP contribution in [-0.4, -0.2) is 26.9 Å². The maximum absolute atomic E-state index is 12.9. The lowest BCUT2D eigenvalue weighted by atomic mass is 9.96. The van der Waals surface area contributed by atoms with Gasteiger partial charge in [0.15, 0.2) is 0 Å². The maximum Gasteiger partial charge on any atom is 0.241 e. The summed E-state index contributed by atoms with van der Waals surface area (Å²) in [6.07, 6.45) is 1.99. The largest absolute Gasteiger partial charge is 0.354 e. The van der Waals surface area contributed by atoms with Crippen LogP contribution in [0.3, 0.4) is 0 Å². The predicted octanol–water partition coefficient (Wildman–Crippen LogP) is 2.34. The Morgan fingerprint density at radius 3 is 2.31 bits per heavy atom. The Kier molecular flexibility index (Phi) is 5.11. The van der Waals surface area contributed by atoms with E-state index >= 15 is 0 Å². The normalized spacial score (nSPS) is 16.7. The molecule has 5 nitrogen and oxygen atoms in total. The van der Waals surface area contributed by atoms with Crippen LogP contribution in [0.5, 0.6) is 0 Å². The summed E-state index contributed by atoms with van der Waals surface area (Å²) < 4.78 is 39.8. The minimum atomic E-state index is -3.89. The summed E-state index contributed by atoms with van der Waals surface area (Å²) in [5, 5.41) is 2.84. The number of sulfonamides is 1. The van der Waals surface area contributed by atoms with E-state index in [1.807, 2.05) is 30.3 Å². The lowest BCUT2D eigenvalue weighted by Gasteiger charge is -2.19. The van der Waals surface area contributed by atoms with Crippen molar-refractivity contribution in [2.75, 3.05) is 6.54 Å². The first kappa shape index (κ1) is 18.5. The van der Waals surface area contributed by atoms with Crippen LogP contribution in [0.25, 0.3) is 0 Å². The van der Waals surface area contributed by atoms with Gasteiger partial charge in [0.2, 0.25) is 15.9 Å². The topological polar surface area (TPSA) is 75.3 Å². The van der Waals surface area contributed by atoms with Gasteiger partial charge in [-0.25, -0.2) is 12.8 Å². The Morgan fingerprint density at radius 1 is 1.12 bits per heavy atom. The smallest absolute Gasteiger partial charge is 0.241 e. The number of rotatable bonds is 7. The van der Waals surface area contributed by atoms with E-state index in [-0.39, 0.29) is 10.3 Å². The molecule has 1 atom stereocenters. The average Bonchev–Trinajstić information content (AvgIpc) is 3.41. The van der Waals surface area contributed by atoms with Crippen LogP contribution in [0.1, 0.15) is 25.3 Å². The van der Waals surface area contributed by atoms with E-state index < -0.39 is 27.8 Å². The van der Waals surface area contributed by atoms with E-state index in [0.717, 1.165) is 37.1 Å². The Hall–Kier alpha value is -2.25. The quantitative estimate of drug-likeness (QED) is 0.779. The molecule has 0 aromatic heterocycles. The van der Waals surface area contributed by atoms with Crippen LogP contribution < -0.4 is 10.0 Å². The van der Waals surface area contributed by atoms with Crippen molar-refractivity contribution in [2.45, 2.75) is 36.1 Å². The standard InChI is InChI=1S/C19H21FN2O3S/c1-14(22-26(24,25)17-9-7-16(20)8-10-17)18(23)21-13-19(11-12-19)15-5-3-2-4-6-15/h2-10,14,22H,11-13H2,1H3,(H,21,23). The fourth-order valence-electron chi connectivity index (χ4n) is 2.89. The number of benzene rings is 2. The summed E-state index contributed by atoms with van der Waals surface area (Å²) >= 11 is 0. The lowest BCUT2D eigenvalue weighted by Crippen LogP contribution is -2.46. The molecule has 0 spiro atoms. The van der Waals surface area contributed by atoms with E-state index in [0.29, 0.717) is 6.54 Å². The van der Waals surface area contributed by atoms with E-state index in [1.54, 1.807) is 0 Å². The molecule has 0 bridgehead atoms. The Bertz CT molecular complexity index is 879. The minimum absolute atomic E-state index is 0.0491. The van der Waals surface area contributed by atoms with Gasteiger partial charge >= 0.3 is 0 Å². The van der Waals surface area contributed by atoms with Gasteiger partial charge in [0.25, 0.3) is 0 Å². The van der Waals surface area contributed by atoms with E-state index in [9.17, 15) is 17.6 Å². The summed E-state index contributed by atoms with van der Waals surface area (Å²) in [4.78, 5) is 12.2. The highest BCUT2D eigenvalue weighted by Gasteiger charge is 2.44. The number of carbonyl (C=O) groups excluding carboxylic acids is 1. The number of hydrogen-bond donors (Lipinski definition) is 2. The van der Waals surface area contributed by atoms with E-state index in [2.05, 4.69) is 10.0 Å². The Labute approximate surface area is 152 Å². The van der Waals surface area contributed by atoms with Gasteiger partial charge in [-0.3, -0.25) is 4.79 Å². The maximum atomic E-state index is 12.9. The van der Waals surface area contributed by atoms with Crippen LogP contribution in [0.2, 0.25) is 0 Å². The minimum Gasteiger partial charge on any atom is -0.354 e. The highest BCUT2D eigenvalue weighted by molar-refractivity contribution is 7.89. The third-order valence-corrected chi connectivity index (χ3v) is 6.25. The molecule has 1 fully saturated rings. The monoisotopic (exact) mass is 376 g/mol. The van der Waals surface area contributed by atoms with Gasteiger partial charge in [0, 0.05) is 12.0 Å². The molecule has 7 heteroatoms. The van der Waals surface area contributed by atoms with Crippen molar-refractivity contribution in [1.29, 1.82) is 0 Å². The second kappa shape index (κ2) is 7.17. The molecule has 138 valence electrons. The molecule has 1 aliphatic carbocycles. The van der Waals surface area contributed by atoms with Gasteiger partial charge in [-0.2, -0.15) is 4.72 Å². The first-order chi connectivity index (χ1) is 12.3. The predicted molar refractivity (Wildman–Crippen MR) is 96.5 cm³/mol. The zero-order valence-electron chi connectivity index (χ0n) is 14.4. The summed E-state index contributed by atoms with van der Waals surface area (Å²) in [5.74, 6) is -0.914. The van der Waals surface area contributed by atoms with Crippen LogP contribution >= 0.6 is 0 Å². The molecule has 1 aliphatic rings. The van der Waals surface area contributed by atoms with Crippen molar-refractivity contribution in [3.8, 4) is 0 Å². The number of carbonyl (C=O) groups is 1. The number of amides is 1.